The standard InChI is InChI=1S/C19H27ClO2/c1-18-8-7-14-12(13(18)5-6-17(18)22)4-3-11-9-16(21)15(20)10-19(11,14)2/h10-14,17,22H,3-9H2,1-2H3/t11-,12-,13-,14-,17-,18-,19-/m0/s1. The second kappa shape index (κ2) is 4.83. The van der Waals surface area contributed by atoms with Crippen molar-refractivity contribution in [2.75, 3.05) is 0 Å². The fourth-order valence-corrected chi connectivity index (χ4v) is 6.98. The quantitative estimate of drug-likeness (QED) is 0.722. The minimum absolute atomic E-state index is 0.0861. The summed E-state index contributed by atoms with van der Waals surface area (Å²) in [5, 5.41) is 10.9. The zero-order chi connectivity index (χ0) is 15.7. The van der Waals surface area contributed by atoms with Crippen LogP contribution >= 0.6 is 11.6 Å². The van der Waals surface area contributed by atoms with Gasteiger partial charge in [-0.1, -0.05) is 31.5 Å². The molecule has 3 saturated carbocycles. The van der Waals surface area contributed by atoms with Crippen LogP contribution in [-0.2, 0) is 4.79 Å². The van der Waals surface area contributed by atoms with Crippen molar-refractivity contribution < 1.29 is 9.90 Å². The van der Waals surface area contributed by atoms with Gasteiger partial charge in [0.2, 0.25) is 0 Å². The predicted molar refractivity (Wildman–Crippen MR) is 87.4 cm³/mol. The van der Waals surface area contributed by atoms with E-state index in [2.05, 4.69) is 19.9 Å². The van der Waals surface area contributed by atoms with Gasteiger partial charge < -0.3 is 5.11 Å². The second-order valence-corrected chi connectivity index (χ2v) is 9.18. The van der Waals surface area contributed by atoms with Gasteiger partial charge >= 0.3 is 0 Å². The first-order chi connectivity index (χ1) is 10.4. The molecule has 4 aliphatic rings. The van der Waals surface area contributed by atoms with Crippen LogP contribution in [0.15, 0.2) is 11.1 Å². The van der Waals surface area contributed by atoms with Gasteiger partial charge in [0.25, 0.3) is 0 Å². The number of hydrogen-bond acceptors (Lipinski definition) is 2. The lowest BCUT2D eigenvalue weighted by atomic mass is 9.46. The van der Waals surface area contributed by atoms with Gasteiger partial charge in [-0.25, -0.2) is 0 Å². The highest BCUT2D eigenvalue weighted by Gasteiger charge is 2.59. The summed E-state index contributed by atoms with van der Waals surface area (Å²) in [5.74, 6) is 2.60. The van der Waals surface area contributed by atoms with E-state index in [0.29, 0.717) is 35.1 Å². The Morgan fingerprint density at radius 3 is 2.68 bits per heavy atom. The average molecular weight is 323 g/mol. The Morgan fingerprint density at radius 2 is 1.91 bits per heavy atom. The molecule has 4 rings (SSSR count). The molecule has 0 aromatic rings. The maximum atomic E-state index is 12.0. The zero-order valence-corrected chi connectivity index (χ0v) is 14.4. The molecule has 0 saturated heterocycles. The van der Waals surface area contributed by atoms with E-state index in [1.54, 1.807) is 0 Å². The Hall–Kier alpha value is -0.340. The molecule has 0 aliphatic heterocycles. The summed E-state index contributed by atoms with van der Waals surface area (Å²) in [6.07, 6.45) is 9.46. The molecule has 0 aromatic heterocycles. The van der Waals surface area contributed by atoms with Crippen molar-refractivity contribution >= 4 is 17.4 Å². The largest absolute Gasteiger partial charge is 0.393 e. The second-order valence-electron chi connectivity index (χ2n) is 8.77. The lowest BCUT2D eigenvalue weighted by molar-refractivity contribution is -0.124. The van der Waals surface area contributed by atoms with Crippen molar-refractivity contribution in [3.8, 4) is 0 Å². The number of rotatable bonds is 0. The molecule has 2 nitrogen and oxygen atoms in total. The number of allylic oxidation sites excluding steroid dienone is 2. The smallest absolute Gasteiger partial charge is 0.174 e. The highest BCUT2D eigenvalue weighted by atomic mass is 35.5. The van der Waals surface area contributed by atoms with Crippen LogP contribution in [0.5, 0.6) is 0 Å². The maximum Gasteiger partial charge on any atom is 0.174 e. The van der Waals surface area contributed by atoms with Gasteiger partial charge in [0, 0.05) is 6.42 Å². The van der Waals surface area contributed by atoms with E-state index < -0.39 is 0 Å². The van der Waals surface area contributed by atoms with Gasteiger partial charge in [-0.15, -0.1) is 0 Å². The van der Waals surface area contributed by atoms with Crippen molar-refractivity contribution in [3.63, 3.8) is 0 Å². The third kappa shape index (κ3) is 1.86. The fraction of sp³-hybridized carbons (Fsp3) is 0.842. The summed E-state index contributed by atoms with van der Waals surface area (Å²) < 4.78 is 0. The third-order valence-electron chi connectivity index (χ3n) is 8.05. The Morgan fingerprint density at radius 1 is 1.14 bits per heavy atom. The average Bonchev–Trinajstić information content (AvgIpc) is 2.77. The van der Waals surface area contributed by atoms with Crippen molar-refractivity contribution in [2.45, 2.75) is 64.9 Å². The van der Waals surface area contributed by atoms with Crippen molar-refractivity contribution in [1.29, 1.82) is 0 Å². The Kier molecular flexibility index (Phi) is 3.34. The number of hydrogen-bond donors (Lipinski definition) is 1. The van der Waals surface area contributed by atoms with E-state index in [1.807, 2.05) is 0 Å². The molecule has 22 heavy (non-hydrogen) atoms. The van der Waals surface area contributed by atoms with Gasteiger partial charge in [-0.05, 0) is 73.0 Å². The lowest BCUT2D eigenvalue weighted by Crippen LogP contribution is -2.53. The summed E-state index contributed by atoms with van der Waals surface area (Å²) in [6.45, 7) is 4.66. The number of aliphatic hydroxyl groups excluding tert-OH is 1. The maximum absolute atomic E-state index is 12.0. The molecule has 0 amide bonds. The monoisotopic (exact) mass is 322 g/mol. The van der Waals surface area contributed by atoms with Crippen LogP contribution in [0.4, 0.5) is 0 Å². The molecule has 0 aromatic carbocycles. The van der Waals surface area contributed by atoms with Crippen molar-refractivity contribution in [2.24, 2.45) is 34.5 Å². The van der Waals surface area contributed by atoms with Crippen LogP contribution in [-0.4, -0.2) is 17.0 Å². The summed E-state index contributed by atoms with van der Waals surface area (Å²) in [4.78, 5) is 12.0. The fourth-order valence-electron chi connectivity index (χ4n) is 6.66. The summed E-state index contributed by atoms with van der Waals surface area (Å²) in [5.41, 5.74) is 0.213. The minimum Gasteiger partial charge on any atom is -0.393 e. The highest BCUT2D eigenvalue weighted by Crippen LogP contribution is 2.65. The number of aliphatic hydroxyl groups is 1. The topological polar surface area (TPSA) is 37.3 Å². The Labute approximate surface area is 138 Å². The molecule has 1 N–H and O–H groups in total. The number of Topliss-reactive ketones (excluding diaryl/α,β-unsaturated/α-hetero) is 1. The molecule has 3 fully saturated rings. The lowest BCUT2D eigenvalue weighted by Gasteiger charge is -2.58. The van der Waals surface area contributed by atoms with Crippen LogP contribution in [0.2, 0.25) is 0 Å². The molecule has 0 bridgehead atoms. The first-order valence-electron chi connectivity index (χ1n) is 8.96. The summed E-state index contributed by atoms with van der Waals surface area (Å²) >= 11 is 6.24. The molecule has 0 heterocycles. The van der Waals surface area contributed by atoms with Crippen LogP contribution < -0.4 is 0 Å². The number of halogens is 1. The molecule has 3 heteroatoms. The number of ketones is 1. The zero-order valence-electron chi connectivity index (χ0n) is 13.6. The Balaban J connectivity index is 1.70. The van der Waals surface area contributed by atoms with Crippen LogP contribution in [0.1, 0.15) is 58.8 Å². The minimum atomic E-state index is -0.115. The number of carbonyl (C=O) groups excluding carboxylic acids is 1. The molecule has 7 atom stereocenters. The van der Waals surface area contributed by atoms with E-state index >= 15 is 0 Å². The third-order valence-corrected chi connectivity index (χ3v) is 8.37. The highest BCUT2D eigenvalue weighted by molar-refractivity contribution is 6.42. The van der Waals surface area contributed by atoms with E-state index in [-0.39, 0.29) is 22.7 Å². The molecule has 0 radical (unpaired) electrons. The van der Waals surface area contributed by atoms with Crippen LogP contribution in [0.3, 0.4) is 0 Å². The van der Waals surface area contributed by atoms with Crippen molar-refractivity contribution in [3.05, 3.63) is 11.1 Å². The van der Waals surface area contributed by atoms with E-state index in [1.165, 1.54) is 19.3 Å². The molecule has 4 aliphatic carbocycles. The SMILES string of the molecule is C[C@]12C=C(Cl)C(=O)C[C@@H]1CC[C@@H]1[C@@H]2CC[C@]2(C)[C@@H](O)CC[C@@H]12. The normalized spacial score (nSPS) is 54.3. The predicted octanol–water partition coefficient (Wildman–Crippen LogP) is 4.30. The number of fused-ring (bicyclic) bond motifs is 5. The van der Waals surface area contributed by atoms with Gasteiger partial charge in [0.15, 0.2) is 5.78 Å². The van der Waals surface area contributed by atoms with Gasteiger partial charge in [-0.3, -0.25) is 4.79 Å². The van der Waals surface area contributed by atoms with E-state index in [9.17, 15) is 9.90 Å². The molecule has 0 spiro atoms. The van der Waals surface area contributed by atoms with Gasteiger partial charge in [0.05, 0.1) is 11.1 Å². The summed E-state index contributed by atoms with van der Waals surface area (Å²) in [6, 6.07) is 0. The van der Waals surface area contributed by atoms with Gasteiger partial charge in [-0.2, -0.15) is 0 Å². The first kappa shape index (κ1) is 15.2. The van der Waals surface area contributed by atoms with Crippen LogP contribution in [0.25, 0.3) is 0 Å². The number of carbonyl (C=O) groups is 1. The molecular weight excluding hydrogens is 296 g/mol. The first-order valence-corrected chi connectivity index (χ1v) is 9.33. The van der Waals surface area contributed by atoms with E-state index in [4.69, 9.17) is 11.6 Å². The van der Waals surface area contributed by atoms with Crippen LogP contribution in [0, 0.1) is 34.5 Å². The molecule has 0 unspecified atom stereocenters. The molecular formula is C19H27ClO2. The molecule has 122 valence electrons. The summed E-state index contributed by atoms with van der Waals surface area (Å²) in [7, 11) is 0. The van der Waals surface area contributed by atoms with Crippen molar-refractivity contribution in [1.82, 2.24) is 0 Å². The van der Waals surface area contributed by atoms with Gasteiger partial charge in [0.1, 0.15) is 0 Å². The van der Waals surface area contributed by atoms with E-state index in [0.717, 1.165) is 19.3 Å². The Bertz CT molecular complexity index is 542.